The fraction of sp³-hybridized carbons (Fsp3) is 0. The number of benzene rings is 2. The number of imidazole rings is 1. The van der Waals surface area contributed by atoms with Crippen molar-refractivity contribution in [3.8, 4) is 5.95 Å². The van der Waals surface area contributed by atoms with Gasteiger partial charge in [0.25, 0.3) is 5.91 Å². The fourth-order valence-corrected chi connectivity index (χ4v) is 2.64. The van der Waals surface area contributed by atoms with Crippen LogP contribution in [0.5, 0.6) is 0 Å². The van der Waals surface area contributed by atoms with Gasteiger partial charge in [0.05, 0.1) is 22.3 Å². The number of amides is 1. The largest absolute Gasteiger partial charge is 0.369 e. The van der Waals surface area contributed by atoms with Crippen LogP contribution in [-0.4, -0.2) is 30.4 Å². The maximum absolute atomic E-state index is 11.6. The number of fused-ring (bicyclic) bond motifs is 1. The number of hydrogen-bond donors (Lipinski definition) is 3. The smallest absolute Gasteiger partial charge is 0.250 e. The first-order valence-corrected chi connectivity index (χ1v) is 7.72. The Bertz CT molecular complexity index is 1120. The molecule has 1 amide bonds. The third-order valence-corrected chi connectivity index (χ3v) is 3.78. The zero-order chi connectivity index (χ0) is 18.1. The van der Waals surface area contributed by atoms with Gasteiger partial charge in [-0.3, -0.25) is 4.79 Å². The van der Waals surface area contributed by atoms with Crippen LogP contribution < -0.4 is 16.8 Å². The van der Waals surface area contributed by atoms with E-state index < -0.39 is 5.91 Å². The van der Waals surface area contributed by atoms with E-state index in [9.17, 15) is 4.79 Å². The molecule has 9 heteroatoms. The van der Waals surface area contributed by atoms with Crippen LogP contribution in [0.1, 0.15) is 10.4 Å². The van der Waals surface area contributed by atoms with E-state index in [1.807, 2.05) is 24.3 Å². The molecule has 0 aliphatic carbocycles. The molecule has 4 rings (SSSR count). The van der Waals surface area contributed by atoms with E-state index in [0.717, 1.165) is 11.0 Å². The molecule has 0 aliphatic heterocycles. The third kappa shape index (κ3) is 2.67. The van der Waals surface area contributed by atoms with Crippen molar-refractivity contribution in [2.75, 3.05) is 11.1 Å². The van der Waals surface area contributed by atoms with Crippen LogP contribution in [0.25, 0.3) is 17.0 Å². The van der Waals surface area contributed by atoms with Crippen molar-refractivity contribution >= 4 is 34.5 Å². The highest BCUT2D eigenvalue weighted by molar-refractivity contribution is 5.98. The average molecular weight is 346 g/mol. The van der Waals surface area contributed by atoms with Gasteiger partial charge >= 0.3 is 0 Å². The number of aromatic nitrogens is 5. The highest BCUT2D eigenvalue weighted by Gasteiger charge is 2.14. The van der Waals surface area contributed by atoms with Gasteiger partial charge in [-0.1, -0.05) is 24.3 Å². The summed E-state index contributed by atoms with van der Waals surface area (Å²) in [6, 6.07) is 14.3. The second-order valence-electron chi connectivity index (χ2n) is 5.44. The van der Waals surface area contributed by atoms with Crippen molar-refractivity contribution in [1.29, 1.82) is 0 Å². The Morgan fingerprint density at radius 2 is 1.77 bits per heavy atom. The Balaban J connectivity index is 1.76. The number of nitrogens with one attached hydrogen (secondary N) is 1. The molecule has 0 saturated carbocycles. The number of hydrogen-bond acceptors (Lipinski definition) is 7. The van der Waals surface area contributed by atoms with Gasteiger partial charge in [-0.05, 0) is 24.3 Å². The molecule has 5 N–H and O–H groups in total. The van der Waals surface area contributed by atoms with Crippen LogP contribution in [0, 0.1) is 0 Å². The number of carbonyl (C=O) groups excluding carboxylic acids is 1. The molecule has 0 bridgehead atoms. The number of nitrogen functional groups attached to an aromatic ring is 1. The predicted octanol–water partition coefficient (Wildman–Crippen LogP) is 1.64. The SMILES string of the molecule is NC(=O)c1ccccc1Nc1ncnc(-n2c(N)nc3ccccc32)n1. The highest BCUT2D eigenvalue weighted by atomic mass is 16.1. The van der Waals surface area contributed by atoms with E-state index in [1.54, 1.807) is 28.8 Å². The van der Waals surface area contributed by atoms with Gasteiger partial charge in [0, 0.05) is 0 Å². The van der Waals surface area contributed by atoms with Crippen LogP contribution in [0.3, 0.4) is 0 Å². The summed E-state index contributed by atoms with van der Waals surface area (Å²) in [6.07, 6.45) is 1.35. The maximum Gasteiger partial charge on any atom is 0.250 e. The minimum atomic E-state index is -0.549. The second-order valence-corrected chi connectivity index (χ2v) is 5.44. The molecule has 128 valence electrons. The molecule has 0 fully saturated rings. The van der Waals surface area contributed by atoms with Gasteiger partial charge in [0.1, 0.15) is 6.33 Å². The summed E-state index contributed by atoms with van der Waals surface area (Å²) < 4.78 is 1.63. The van der Waals surface area contributed by atoms with Crippen molar-refractivity contribution in [2.24, 2.45) is 5.73 Å². The fourth-order valence-electron chi connectivity index (χ4n) is 2.64. The second kappa shape index (κ2) is 6.13. The Morgan fingerprint density at radius 3 is 2.62 bits per heavy atom. The molecule has 0 aliphatic rings. The summed E-state index contributed by atoms with van der Waals surface area (Å²) in [4.78, 5) is 28.5. The quantitative estimate of drug-likeness (QED) is 0.510. The van der Waals surface area contributed by atoms with Crippen LogP contribution in [0.2, 0.25) is 0 Å². The molecule has 2 heterocycles. The zero-order valence-electron chi connectivity index (χ0n) is 13.5. The molecular weight excluding hydrogens is 332 g/mol. The Morgan fingerprint density at radius 1 is 1.00 bits per heavy atom. The Labute approximate surface area is 147 Å². The Hall–Kier alpha value is -4.01. The number of primary amides is 1. The Kier molecular flexibility index (Phi) is 3.66. The van der Waals surface area contributed by atoms with Gasteiger partial charge in [0.2, 0.25) is 17.8 Å². The summed E-state index contributed by atoms with van der Waals surface area (Å²) in [5, 5.41) is 2.99. The van der Waals surface area contributed by atoms with Crippen molar-refractivity contribution in [1.82, 2.24) is 24.5 Å². The number of rotatable bonds is 4. The number of carbonyl (C=O) groups is 1. The van der Waals surface area contributed by atoms with E-state index >= 15 is 0 Å². The molecular formula is C17H14N8O. The zero-order valence-corrected chi connectivity index (χ0v) is 13.5. The van der Waals surface area contributed by atoms with E-state index in [1.165, 1.54) is 6.33 Å². The molecule has 2 aromatic carbocycles. The minimum Gasteiger partial charge on any atom is -0.369 e. The van der Waals surface area contributed by atoms with Crippen molar-refractivity contribution in [3.05, 3.63) is 60.4 Å². The van der Waals surface area contributed by atoms with Crippen molar-refractivity contribution < 1.29 is 4.79 Å². The number of nitrogens with zero attached hydrogens (tertiary/aromatic N) is 5. The molecule has 2 aromatic heterocycles. The lowest BCUT2D eigenvalue weighted by atomic mass is 10.1. The molecule has 0 spiro atoms. The van der Waals surface area contributed by atoms with Crippen LogP contribution in [-0.2, 0) is 0 Å². The van der Waals surface area contributed by atoms with Crippen LogP contribution in [0.15, 0.2) is 54.9 Å². The number of para-hydroxylation sites is 3. The van der Waals surface area contributed by atoms with Gasteiger partial charge in [0.15, 0.2) is 0 Å². The van der Waals surface area contributed by atoms with E-state index in [0.29, 0.717) is 17.2 Å². The lowest BCUT2D eigenvalue weighted by Gasteiger charge is -2.10. The lowest BCUT2D eigenvalue weighted by Crippen LogP contribution is -2.14. The summed E-state index contributed by atoms with van der Waals surface area (Å²) in [5.41, 5.74) is 13.8. The first kappa shape index (κ1) is 15.5. The van der Waals surface area contributed by atoms with Gasteiger partial charge in [-0.25, -0.2) is 19.5 Å². The topological polar surface area (TPSA) is 138 Å². The van der Waals surface area contributed by atoms with Gasteiger partial charge < -0.3 is 16.8 Å². The molecule has 26 heavy (non-hydrogen) atoms. The summed E-state index contributed by atoms with van der Waals surface area (Å²) >= 11 is 0. The number of anilines is 3. The normalized spacial score (nSPS) is 10.8. The van der Waals surface area contributed by atoms with Crippen molar-refractivity contribution in [3.63, 3.8) is 0 Å². The highest BCUT2D eigenvalue weighted by Crippen LogP contribution is 2.22. The molecule has 0 unspecified atom stereocenters. The molecule has 0 saturated heterocycles. The molecule has 9 nitrogen and oxygen atoms in total. The van der Waals surface area contributed by atoms with Crippen LogP contribution >= 0.6 is 0 Å². The number of nitrogens with two attached hydrogens (primary N) is 2. The summed E-state index contributed by atoms with van der Waals surface area (Å²) in [7, 11) is 0. The average Bonchev–Trinajstić information content (AvgIpc) is 2.98. The standard InChI is InChI=1S/C17H14N8O/c18-14(26)10-5-1-2-6-11(10)23-16-20-9-21-17(24-16)25-13-8-4-3-7-12(13)22-15(25)19/h1-9H,(H2,18,26)(H2,19,22)(H,20,21,23,24). The monoisotopic (exact) mass is 346 g/mol. The molecule has 0 radical (unpaired) electrons. The third-order valence-electron chi connectivity index (χ3n) is 3.78. The van der Waals surface area contributed by atoms with Gasteiger partial charge in [-0.15, -0.1) is 0 Å². The maximum atomic E-state index is 11.6. The van der Waals surface area contributed by atoms with E-state index in [-0.39, 0.29) is 11.9 Å². The summed E-state index contributed by atoms with van der Waals surface area (Å²) in [6.45, 7) is 0. The van der Waals surface area contributed by atoms with Crippen LogP contribution in [0.4, 0.5) is 17.6 Å². The first-order valence-electron chi connectivity index (χ1n) is 7.72. The predicted molar refractivity (Wildman–Crippen MR) is 97.1 cm³/mol. The van der Waals surface area contributed by atoms with E-state index in [2.05, 4.69) is 25.3 Å². The molecule has 4 aromatic rings. The lowest BCUT2D eigenvalue weighted by molar-refractivity contribution is 0.100. The van der Waals surface area contributed by atoms with Crippen molar-refractivity contribution in [2.45, 2.75) is 0 Å². The van der Waals surface area contributed by atoms with E-state index in [4.69, 9.17) is 11.5 Å². The minimum absolute atomic E-state index is 0.251. The first-order chi connectivity index (χ1) is 12.6. The summed E-state index contributed by atoms with van der Waals surface area (Å²) in [5.74, 6) is 0.277. The van der Waals surface area contributed by atoms with Gasteiger partial charge in [-0.2, -0.15) is 4.98 Å². The molecule has 0 atom stereocenters.